The quantitative estimate of drug-likeness (QED) is 0.659. The number of imide groups is 1. The first-order valence-corrected chi connectivity index (χ1v) is 10.5. The number of carbonyl (C=O) groups excluding carboxylic acids is 2. The highest BCUT2D eigenvalue weighted by Crippen LogP contribution is 2.24. The maximum atomic E-state index is 12.6. The first-order valence-electron chi connectivity index (χ1n) is 9.05. The van der Waals surface area contributed by atoms with Gasteiger partial charge in [0.1, 0.15) is 18.1 Å². The van der Waals surface area contributed by atoms with Crippen LogP contribution in [0.4, 0.5) is 5.69 Å². The Balaban J connectivity index is 1.60. The van der Waals surface area contributed by atoms with Gasteiger partial charge in [-0.25, -0.2) is 13.1 Å². The molecule has 9 heteroatoms. The van der Waals surface area contributed by atoms with E-state index in [9.17, 15) is 18.0 Å². The smallest absolute Gasteiger partial charge is 0.240 e. The second-order valence-electron chi connectivity index (χ2n) is 6.63. The standard InChI is InChI=1S/C20H22N2O6S/c1-14(13-28-17-7-5-16(27-2)6-8-17)21-29(25,26)18-9-3-15(4-10-18)22-19(23)11-12-20(22)24/h3-10,14,21H,11-13H2,1-2H3. The van der Waals surface area contributed by atoms with E-state index >= 15 is 0 Å². The lowest BCUT2D eigenvalue weighted by molar-refractivity contribution is -0.121. The molecule has 8 nitrogen and oxygen atoms in total. The monoisotopic (exact) mass is 418 g/mol. The Hall–Kier alpha value is -2.91. The van der Waals surface area contributed by atoms with Crippen molar-refractivity contribution in [3.8, 4) is 11.5 Å². The Morgan fingerprint density at radius 2 is 1.52 bits per heavy atom. The summed E-state index contributed by atoms with van der Waals surface area (Å²) in [4.78, 5) is 24.7. The number of amides is 2. The van der Waals surface area contributed by atoms with Crippen molar-refractivity contribution in [2.45, 2.75) is 30.7 Å². The summed E-state index contributed by atoms with van der Waals surface area (Å²) in [6.07, 6.45) is 0.346. The van der Waals surface area contributed by atoms with Crippen LogP contribution in [-0.4, -0.2) is 40.0 Å². The van der Waals surface area contributed by atoms with Crippen molar-refractivity contribution < 1.29 is 27.5 Å². The molecule has 1 fully saturated rings. The lowest BCUT2D eigenvalue weighted by Gasteiger charge is -2.17. The molecule has 1 saturated heterocycles. The molecule has 2 amide bonds. The minimum atomic E-state index is -3.78. The average Bonchev–Trinajstić information content (AvgIpc) is 3.04. The summed E-state index contributed by atoms with van der Waals surface area (Å²) in [7, 11) is -2.21. The number of nitrogens with zero attached hydrogens (tertiary/aromatic N) is 1. The molecule has 0 aliphatic carbocycles. The summed E-state index contributed by atoms with van der Waals surface area (Å²) in [5.41, 5.74) is 0.368. The predicted octanol–water partition coefficient (Wildman–Crippen LogP) is 2.09. The number of hydrogen-bond donors (Lipinski definition) is 1. The number of hydrogen-bond acceptors (Lipinski definition) is 6. The molecule has 1 heterocycles. The Morgan fingerprint density at radius 3 is 2.07 bits per heavy atom. The minimum absolute atomic E-state index is 0.0386. The average molecular weight is 418 g/mol. The molecule has 1 atom stereocenters. The molecule has 1 aliphatic heterocycles. The topological polar surface area (TPSA) is 102 Å². The van der Waals surface area contributed by atoms with Crippen molar-refractivity contribution in [2.24, 2.45) is 0 Å². The van der Waals surface area contributed by atoms with E-state index in [2.05, 4.69) is 4.72 Å². The summed E-state index contributed by atoms with van der Waals surface area (Å²) in [6, 6.07) is 12.1. The molecule has 1 aliphatic rings. The third-order valence-corrected chi connectivity index (χ3v) is 5.98. The van der Waals surface area contributed by atoms with Crippen molar-refractivity contribution in [1.82, 2.24) is 4.72 Å². The van der Waals surface area contributed by atoms with Gasteiger partial charge in [-0.05, 0) is 55.5 Å². The normalized spacial score (nSPS) is 15.4. The lowest BCUT2D eigenvalue weighted by Crippen LogP contribution is -2.36. The Morgan fingerprint density at radius 1 is 0.966 bits per heavy atom. The van der Waals surface area contributed by atoms with E-state index in [1.807, 2.05) is 0 Å². The number of methoxy groups -OCH3 is 1. The summed E-state index contributed by atoms with van der Waals surface area (Å²) < 4.78 is 38.4. The number of nitrogens with one attached hydrogen (secondary N) is 1. The largest absolute Gasteiger partial charge is 0.497 e. The highest BCUT2D eigenvalue weighted by molar-refractivity contribution is 7.89. The van der Waals surface area contributed by atoms with Crippen molar-refractivity contribution in [1.29, 1.82) is 0 Å². The first kappa shape index (κ1) is 20.8. The molecule has 2 aromatic rings. The summed E-state index contributed by atoms with van der Waals surface area (Å²) in [6.45, 7) is 1.83. The van der Waals surface area contributed by atoms with Crippen LogP contribution in [-0.2, 0) is 19.6 Å². The zero-order chi connectivity index (χ0) is 21.0. The highest BCUT2D eigenvalue weighted by Gasteiger charge is 2.30. The lowest BCUT2D eigenvalue weighted by atomic mass is 10.3. The van der Waals surface area contributed by atoms with E-state index in [0.717, 1.165) is 4.90 Å². The molecule has 2 aromatic carbocycles. The molecule has 1 unspecified atom stereocenters. The van der Waals surface area contributed by atoms with Gasteiger partial charge in [-0.1, -0.05) is 0 Å². The molecule has 0 spiro atoms. The van der Waals surface area contributed by atoms with Crippen LogP contribution in [0.5, 0.6) is 11.5 Å². The molecular formula is C20H22N2O6S. The van der Waals surface area contributed by atoms with Gasteiger partial charge in [-0.2, -0.15) is 0 Å². The first-order chi connectivity index (χ1) is 13.8. The van der Waals surface area contributed by atoms with Gasteiger partial charge in [0.15, 0.2) is 0 Å². The zero-order valence-corrected chi connectivity index (χ0v) is 16.9. The third-order valence-electron chi connectivity index (χ3n) is 4.37. The fourth-order valence-corrected chi connectivity index (χ4v) is 4.13. The Kier molecular flexibility index (Phi) is 6.19. The van der Waals surface area contributed by atoms with E-state index < -0.39 is 16.1 Å². The number of rotatable bonds is 8. The summed E-state index contributed by atoms with van der Waals surface area (Å²) >= 11 is 0. The molecule has 3 rings (SSSR count). The van der Waals surface area contributed by atoms with E-state index in [4.69, 9.17) is 9.47 Å². The van der Waals surface area contributed by atoms with Crippen molar-refractivity contribution >= 4 is 27.5 Å². The maximum absolute atomic E-state index is 12.6. The number of ether oxygens (including phenoxy) is 2. The van der Waals surface area contributed by atoms with Crippen LogP contribution in [0.15, 0.2) is 53.4 Å². The maximum Gasteiger partial charge on any atom is 0.240 e. The fraction of sp³-hybridized carbons (Fsp3) is 0.300. The molecule has 0 bridgehead atoms. The van der Waals surface area contributed by atoms with Gasteiger partial charge in [0, 0.05) is 12.8 Å². The minimum Gasteiger partial charge on any atom is -0.497 e. The highest BCUT2D eigenvalue weighted by atomic mass is 32.2. The van der Waals surface area contributed by atoms with Gasteiger partial charge in [0.05, 0.1) is 23.7 Å². The molecule has 1 N–H and O–H groups in total. The summed E-state index contributed by atoms with van der Waals surface area (Å²) in [5.74, 6) is 0.731. The van der Waals surface area contributed by atoms with Crippen molar-refractivity contribution in [2.75, 3.05) is 18.6 Å². The van der Waals surface area contributed by atoms with Gasteiger partial charge < -0.3 is 9.47 Å². The van der Waals surface area contributed by atoms with Gasteiger partial charge in [-0.3, -0.25) is 14.5 Å². The van der Waals surface area contributed by atoms with Crippen LogP contribution in [0.1, 0.15) is 19.8 Å². The van der Waals surface area contributed by atoms with Crippen LogP contribution in [0, 0.1) is 0 Å². The SMILES string of the molecule is COc1ccc(OCC(C)NS(=O)(=O)c2ccc(N3C(=O)CCC3=O)cc2)cc1. The van der Waals surface area contributed by atoms with E-state index in [1.165, 1.54) is 24.3 Å². The van der Waals surface area contributed by atoms with E-state index in [-0.39, 0.29) is 36.2 Å². The molecule has 0 aromatic heterocycles. The van der Waals surface area contributed by atoms with Crippen LogP contribution in [0.2, 0.25) is 0 Å². The zero-order valence-electron chi connectivity index (χ0n) is 16.1. The van der Waals surface area contributed by atoms with Crippen molar-refractivity contribution in [3.63, 3.8) is 0 Å². The molecular weight excluding hydrogens is 396 g/mol. The second kappa shape index (κ2) is 8.62. The van der Waals surface area contributed by atoms with Crippen LogP contribution >= 0.6 is 0 Å². The van der Waals surface area contributed by atoms with Crippen LogP contribution in [0.25, 0.3) is 0 Å². The third kappa shape index (κ3) is 4.93. The Labute approximate surface area is 169 Å². The Bertz CT molecular complexity index is 971. The molecule has 0 radical (unpaired) electrons. The fourth-order valence-electron chi connectivity index (χ4n) is 2.90. The van der Waals surface area contributed by atoms with E-state index in [0.29, 0.717) is 17.2 Å². The number of anilines is 1. The molecule has 154 valence electrons. The van der Waals surface area contributed by atoms with Gasteiger partial charge >= 0.3 is 0 Å². The van der Waals surface area contributed by atoms with Crippen LogP contribution < -0.4 is 19.1 Å². The van der Waals surface area contributed by atoms with Gasteiger partial charge in [0.25, 0.3) is 0 Å². The van der Waals surface area contributed by atoms with Crippen molar-refractivity contribution in [3.05, 3.63) is 48.5 Å². The second-order valence-corrected chi connectivity index (χ2v) is 8.34. The number of benzene rings is 2. The van der Waals surface area contributed by atoms with Gasteiger partial charge in [0.2, 0.25) is 21.8 Å². The number of carbonyl (C=O) groups is 2. The molecule has 0 saturated carbocycles. The van der Waals surface area contributed by atoms with Gasteiger partial charge in [-0.15, -0.1) is 0 Å². The summed E-state index contributed by atoms with van der Waals surface area (Å²) in [5, 5.41) is 0. The number of sulfonamides is 1. The predicted molar refractivity (Wildman–Crippen MR) is 106 cm³/mol. The molecule has 29 heavy (non-hydrogen) atoms. The van der Waals surface area contributed by atoms with Crippen LogP contribution in [0.3, 0.4) is 0 Å². The van der Waals surface area contributed by atoms with E-state index in [1.54, 1.807) is 38.3 Å².